The second kappa shape index (κ2) is 6.77. The summed E-state index contributed by atoms with van der Waals surface area (Å²) in [6, 6.07) is 15.5. The highest BCUT2D eigenvalue weighted by Crippen LogP contribution is 2.29. The van der Waals surface area contributed by atoms with Gasteiger partial charge in [0.15, 0.2) is 4.34 Å². The van der Waals surface area contributed by atoms with Crippen LogP contribution in [0.15, 0.2) is 58.9 Å². The van der Waals surface area contributed by atoms with Gasteiger partial charge in [-0.3, -0.25) is 4.79 Å². The molecule has 2 aromatic carbocycles. The first-order valence-electron chi connectivity index (χ1n) is 6.73. The minimum Gasteiger partial charge on any atom is -0.322 e. The van der Waals surface area contributed by atoms with E-state index in [4.69, 9.17) is 0 Å². The topological polar surface area (TPSA) is 42.0 Å². The number of thioether (sulfide) groups is 1. The van der Waals surface area contributed by atoms with Gasteiger partial charge in [-0.05, 0) is 36.1 Å². The van der Waals surface area contributed by atoms with Crippen molar-refractivity contribution < 1.29 is 4.79 Å². The second-order valence-electron chi connectivity index (χ2n) is 4.60. The van der Waals surface area contributed by atoms with Crippen LogP contribution in [-0.4, -0.2) is 17.1 Å². The van der Waals surface area contributed by atoms with Crippen LogP contribution in [0, 0.1) is 0 Å². The molecule has 0 aliphatic carbocycles. The molecule has 3 aromatic rings. The van der Waals surface area contributed by atoms with Crippen molar-refractivity contribution in [2.24, 2.45) is 0 Å². The highest BCUT2D eigenvalue weighted by molar-refractivity contribution is 8.00. The molecular formula is C17H14N2OS2. The Morgan fingerprint density at radius 1 is 1.23 bits per heavy atom. The summed E-state index contributed by atoms with van der Waals surface area (Å²) in [5.74, 6) is -0.141. The molecule has 1 heterocycles. The van der Waals surface area contributed by atoms with Gasteiger partial charge in [-0.1, -0.05) is 42.1 Å². The van der Waals surface area contributed by atoms with Gasteiger partial charge >= 0.3 is 0 Å². The van der Waals surface area contributed by atoms with E-state index in [9.17, 15) is 4.79 Å². The van der Waals surface area contributed by atoms with Crippen molar-refractivity contribution in [2.75, 3.05) is 11.6 Å². The number of hydrogen-bond donors (Lipinski definition) is 1. The standard InChI is InChI=1S/C17H14N2OS2/c1-21-17-19-14-9-8-13(11-15(14)22-17)18-16(20)10-7-12-5-3-2-4-6-12/h2-11H,1H3,(H,18,20)/b10-7+. The van der Waals surface area contributed by atoms with E-state index in [0.717, 1.165) is 25.8 Å². The molecule has 0 fully saturated rings. The molecule has 0 aliphatic heterocycles. The number of hydrogen-bond acceptors (Lipinski definition) is 4. The maximum atomic E-state index is 12.0. The Labute approximate surface area is 137 Å². The molecule has 0 saturated heterocycles. The van der Waals surface area contributed by atoms with E-state index in [1.54, 1.807) is 35.3 Å². The fraction of sp³-hybridized carbons (Fsp3) is 0.0588. The first-order valence-corrected chi connectivity index (χ1v) is 8.77. The Bertz CT molecular complexity index is 825. The van der Waals surface area contributed by atoms with Gasteiger partial charge in [0, 0.05) is 11.8 Å². The quantitative estimate of drug-likeness (QED) is 0.559. The Morgan fingerprint density at radius 3 is 2.82 bits per heavy atom. The molecule has 0 spiro atoms. The lowest BCUT2D eigenvalue weighted by Gasteiger charge is -2.01. The summed E-state index contributed by atoms with van der Waals surface area (Å²) < 4.78 is 2.11. The number of amides is 1. The zero-order valence-electron chi connectivity index (χ0n) is 11.9. The summed E-state index contributed by atoms with van der Waals surface area (Å²) in [6.07, 6.45) is 5.35. The molecule has 22 heavy (non-hydrogen) atoms. The number of aromatic nitrogens is 1. The Kier molecular flexibility index (Phi) is 4.56. The highest BCUT2D eigenvalue weighted by atomic mass is 32.2. The lowest BCUT2D eigenvalue weighted by Crippen LogP contribution is -2.07. The molecular weight excluding hydrogens is 312 g/mol. The average Bonchev–Trinajstić information content (AvgIpc) is 2.96. The van der Waals surface area contributed by atoms with Crippen LogP contribution in [-0.2, 0) is 4.79 Å². The third kappa shape index (κ3) is 3.55. The van der Waals surface area contributed by atoms with Crippen LogP contribution in [0.5, 0.6) is 0 Å². The number of anilines is 1. The van der Waals surface area contributed by atoms with Crippen LogP contribution in [0.3, 0.4) is 0 Å². The summed E-state index contributed by atoms with van der Waals surface area (Å²) in [4.78, 5) is 16.5. The van der Waals surface area contributed by atoms with E-state index in [0.29, 0.717) is 0 Å². The summed E-state index contributed by atoms with van der Waals surface area (Å²) >= 11 is 3.26. The van der Waals surface area contributed by atoms with E-state index in [-0.39, 0.29) is 5.91 Å². The third-order valence-corrected chi connectivity index (χ3v) is 5.04. The number of thiazole rings is 1. The first kappa shape index (κ1) is 14.8. The fourth-order valence-electron chi connectivity index (χ4n) is 1.99. The summed E-state index contributed by atoms with van der Waals surface area (Å²) in [7, 11) is 0. The van der Waals surface area contributed by atoms with Crippen LogP contribution in [0.1, 0.15) is 5.56 Å². The zero-order chi connectivity index (χ0) is 15.4. The number of benzene rings is 2. The van der Waals surface area contributed by atoms with Crippen molar-refractivity contribution in [3.8, 4) is 0 Å². The first-order chi connectivity index (χ1) is 10.7. The summed E-state index contributed by atoms with van der Waals surface area (Å²) in [6.45, 7) is 0. The Hall–Kier alpha value is -2.11. The van der Waals surface area contributed by atoms with Gasteiger partial charge in [-0.2, -0.15) is 0 Å². The van der Waals surface area contributed by atoms with Crippen LogP contribution in [0.4, 0.5) is 5.69 Å². The van der Waals surface area contributed by atoms with Crippen LogP contribution >= 0.6 is 23.1 Å². The molecule has 1 amide bonds. The molecule has 3 rings (SSSR count). The van der Waals surface area contributed by atoms with Crippen LogP contribution in [0.25, 0.3) is 16.3 Å². The SMILES string of the molecule is CSc1nc2ccc(NC(=O)/C=C/c3ccccc3)cc2s1. The third-order valence-electron chi connectivity index (χ3n) is 3.04. The van der Waals surface area contributed by atoms with Crippen LogP contribution in [0.2, 0.25) is 0 Å². The van der Waals surface area contributed by atoms with Gasteiger partial charge in [-0.25, -0.2) is 4.98 Å². The molecule has 3 nitrogen and oxygen atoms in total. The second-order valence-corrected chi connectivity index (χ2v) is 6.68. The molecule has 5 heteroatoms. The fourth-order valence-corrected chi connectivity index (χ4v) is 3.52. The molecule has 0 unspecified atom stereocenters. The van der Waals surface area contributed by atoms with Crippen molar-refractivity contribution in [3.63, 3.8) is 0 Å². The maximum absolute atomic E-state index is 12.0. The maximum Gasteiger partial charge on any atom is 0.248 e. The van der Waals surface area contributed by atoms with Gasteiger partial charge in [0.1, 0.15) is 0 Å². The molecule has 0 saturated carbocycles. The van der Waals surface area contributed by atoms with E-state index in [2.05, 4.69) is 10.3 Å². The number of rotatable bonds is 4. The predicted molar refractivity (Wildman–Crippen MR) is 95.5 cm³/mol. The number of nitrogens with one attached hydrogen (secondary N) is 1. The number of nitrogens with zero attached hydrogens (tertiary/aromatic N) is 1. The van der Waals surface area contributed by atoms with E-state index in [1.807, 2.05) is 54.8 Å². The summed E-state index contributed by atoms with van der Waals surface area (Å²) in [5.41, 5.74) is 2.75. The molecule has 1 aromatic heterocycles. The van der Waals surface area contributed by atoms with Gasteiger partial charge < -0.3 is 5.32 Å². The van der Waals surface area contributed by atoms with Crippen molar-refractivity contribution in [1.29, 1.82) is 0 Å². The molecule has 0 radical (unpaired) electrons. The van der Waals surface area contributed by atoms with Crippen molar-refractivity contribution in [3.05, 3.63) is 60.2 Å². The zero-order valence-corrected chi connectivity index (χ0v) is 13.6. The predicted octanol–water partition coefficient (Wildman–Crippen LogP) is 4.67. The van der Waals surface area contributed by atoms with Crippen molar-refractivity contribution in [1.82, 2.24) is 4.98 Å². The van der Waals surface area contributed by atoms with Gasteiger partial charge in [-0.15, -0.1) is 11.3 Å². The molecule has 0 aliphatic rings. The number of fused-ring (bicyclic) bond motifs is 1. The lowest BCUT2D eigenvalue weighted by molar-refractivity contribution is -0.111. The molecule has 1 N–H and O–H groups in total. The normalized spacial score (nSPS) is 11.1. The van der Waals surface area contributed by atoms with E-state index >= 15 is 0 Å². The number of carbonyl (C=O) groups is 1. The monoisotopic (exact) mass is 326 g/mol. The Morgan fingerprint density at radius 2 is 2.05 bits per heavy atom. The minimum absolute atomic E-state index is 0.141. The molecule has 0 atom stereocenters. The average molecular weight is 326 g/mol. The molecule has 110 valence electrons. The lowest BCUT2D eigenvalue weighted by atomic mass is 10.2. The smallest absolute Gasteiger partial charge is 0.248 e. The number of carbonyl (C=O) groups excluding carboxylic acids is 1. The largest absolute Gasteiger partial charge is 0.322 e. The van der Waals surface area contributed by atoms with Crippen molar-refractivity contribution >= 4 is 51.0 Å². The van der Waals surface area contributed by atoms with Gasteiger partial charge in [0.2, 0.25) is 5.91 Å². The Balaban J connectivity index is 1.72. The summed E-state index contributed by atoms with van der Waals surface area (Å²) in [5, 5.41) is 2.88. The van der Waals surface area contributed by atoms with Gasteiger partial charge in [0.25, 0.3) is 0 Å². The van der Waals surface area contributed by atoms with Crippen molar-refractivity contribution in [2.45, 2.75) is 4.34 Å². The van der Waals surface area contributed by atoms with E-state index in [1.165, 1.54) is 0 Å². The van der Waals surface area contributed by atoms with Gasteiger partial charge in [0.05, 0.1) is 10.2 Å². The van der Waals surface area contributed by atoms with E-state index < -0.39 is 0 Å². The highest BCUT2D eigenvalue weighted by Gasteiger charge is 2.05. The van der Waals surface area contributed by atoms with Crippen LogP contribution < -0.4 is 5.32 Å². The minimum atomic E-state index is -0.141. The molecule has 0 bridgehead atoms.